The molecule has 0 aromatic carbocycles. The summed E-state index contributed by atoms with van der Waals surface area (Å²) in [5, 5.41) is 3.62. The summed E-state index contributed by atoms with van der Waals surface area (Å²) in [4.78, 5) is 2.43. The largest absolute Gasteiger partial charge is 0.377 e. The lowest BCUT2D eigenvalue weighted by Crippen LogP contribution is -2.36. The standard InChI is InChI=1S/C15H32N2O/c1-4-11-16-14-7-9-15(10-8-14)18-13-12-17(5-2)6-3/h14-16H,4-13H2,1-3H3. The Hall–Kier alpha value is -0.120. The zero-order chi connectivity index (χ0) is 13.2. The average molecular weight is 256 g/mol. The maximum Gasteiger partial charge on any atom is 0.0597 e. The first kappa shape index (κ1) is 15.9. The minimum absolute atomic E-state index is 0.514. The van der Waals surface area contributed by atoms with Crippen molar-refractivity contribution in [2.75, 3.05) is 32.8 Å². The minimum atomic E-state index is 0.514. The molecule has 0 aromatic heterocycles. The van der Waals surface area contributed by atoms with Crippen molar-refractivity contribution in [1.82, 2.24) is 10.2 Å². The van der Waals surface area contributed by atoms with Crippen LogP contribution in [0.1, 0.15) is 52.9 Å². The van der Waals surface area contributed by atoms with Crippen LogP contribution < -0.4 is 5.32 Å². The van der Waals surface area contributed by atoms with Crippen LogP contribution in [-0.2, 0) is 4.74 Å². The average Bonchev–Trinajstić information content (AvgIpc) is 2.42. The van der Waals surface area contributed by atoms with Crippen molar-refractivity contribution in [3.63, 3.8) is 0 Å². The molecule has 0 atom stereocenters. The molecule has 0 spiro atoms. The van der Waals surface area contributed by atoms with E-state index in [1.54, 1.807) is 0 Å². The third-order valence-corrected chi connectivity index (χ3v) is 4.01. The zero-order valence-corrected chi connectivity index (χ0v) is 12.6. The van der Waals surface area contributed by atoms with Crippen molar-refractivity contribution in [3.8, 4) is 0 Å². The van der Waals surface area contributed by atoms with Crippen LogP contribution in [0.2, 0.25) is 0 Å². The number of nitrogens with one attached hydrogen (secondary N) is 1. The van der Waals surface area contributed by atoms with Gasteiger partial charge in [-0.3, -0.25) is 0 Å². The van der Waals surface area contributed by atoms with Crippen molar-refractivity contribution < 1.29 is 4.74 Å². The van der Waals surface area contributed by atoms with Gasteiger partial charge in [0.15, 0.2) is 0 Å². The Morgan fingerprint density at radius 2 is 1.72 bits per heavy atom. The van der Waals surface area contributed by atoms with Crippen LogP contribution >= 0.6 is 0 Å². The molecule has 1 aliphatic rings. The van der Waals surface area contributed by atoms with Crippen molar-refractivity contribution in [2.45, 2.75) is 65.0 Å². The molecule has 1 rings (SSSR count). The molecule has 0 radical (unpaired) electrons. The molecule has 0 amide bonds. The number of rotatable bonds is 9. The highest BCUT2D eigenvalue weighted by atomic mass is 16.5. The molecule has 0 bridgehead atoms. The van der Waals surface area contributed by atoms with E-state index in [2.05, 4.69) is 31.0 Å². The minimum Gasteiger partial charge on any atom is -0.377 e. The van der Waals surface area contributed by atoms with Gasteiger partial charge >= 0.3 is 0 Å². The summed E-state index contributed by atoms with van der Waals surface area (Å²) >= 11 is 0. The quantitative estimate of drug-likeness (QED) is 0.686. The number of ether oxygens (including phenoxy) is 1. The Labute approximate surface area is 113 Å². The van der Waals surface area contributed by atoms with Crippen molar-refractivity contribution in [1.29, 1.82) is 0 Å². The zero-order valence-electron chi connectivity index (χ0n) is 12.6. The molecule has 1 saturated carbocycles. The van der Waals surface area contributed by atoms with Gasteiger partial charge in [0.25, 0.3) is 0 Å². The highest BCUT2D eigenvalue weighted by Gasteiger charge is 2.20. The van der Waals surface area contributed by atoms with Gasteiger partial charge in [-0.2, -0.15) is 0 Å². The number of hydrogen-bond acceptors (Lipinski definition) is 3. The van der Waals surface area contributed by atoms with E-state index in [9.17, 15) is 0 Å². The summed E-state index contributed by atoms with van der Waals surface area (Å²) in [6, 6.07) is 0.743. The molecular weight excluding hydrogens is 224 g/mol. The molecular formula is C15H32N2O. The summed E-state index contributed by atoms with van der Waals surface area (Å²) in [6.07, 6.45) is 6.80. The van der Waals surface area contributed by atoms with Gasteiger partial charge in [0, 0.05) is 12.6 Å². The molecule has 3 nitrogen and oxygen atoms in total. The first-order valence-electron chi connectivity index (χ1n) is 7.87. The van der Waals surface area contributed by atoms with Crippen LogP contribution in [0.25, 0.3) is 0 Å². The molecule has 1 fully saturated rings. The van der Waals surface area contributed by atoms with Gasteiger partial charge in [0.05, 0.1) is 12.7 Å². The third-order valence-electron chi connectivity index (χ3n) is 4.01. The van der Waals surface area contributed by atoms with Crippen molar-refractivity contribution >= 4 is 0 Å². The highest BCUT2D eigenvalue weighted by molar-refractivity contribution is 4.77. The summed E-state index contributed by atoms with van der Waals surface area (Å²) in [6.45, 7) is 12.1. The second-order valence-corrected chi connectivity index (χ2v) is 5.33. The molecule has 0 unspecified atom stereocenters. The van der Waals surface area contributed by atoms with Crippen LogP contribution in [0.3, 0.4) is 0 Å². The van der Waals surface area contributed by atoms with E-state index in [4.69, 9.17) is 4.74 Å². The van der Waals surface area contributed by atoms with Gasteiger partial charge < -0.3 is 15.0 Å². The molecule has 0 saturated heterocycles. The van der Waals surface area contributed by atoms with E-state index in [0.717, 1.165) is 38.8 Å². The Morgan fingerprint density at radius 1 is 1.06 bits per heavy atom. The van der Waals surface area contributed by atoms with Gasteiger partial charge in [-0.1, -0.05) is 20.8 Å². The number of hydrogen-bond donors (Lipinski definition) is 1. The normalized spacial score (nSPS) is 24.7. The number of likely N-dealkylation sites (N-methyl/N-ethyl adjacent to an activating group) is 1. The Balaban J connectivity index is 2.05. The molecule has 0 aromatic rings. The van der Waals surface area contributed by atoms with Gasteiger partial charge in [0.1, 0.15) is 0 Å². The Morgan fingerprint density at radius 3 is 2.28 bits per heavy atom. The van der Waals surface area contributed by atoms with E-state index in [0.29, 0.717) is 6.10 Å². The van der Waals surface area contributed by atoms with Gasteiger partial charge in [0.2, 0.25) is 0 Å². The first-order valence-corrected chi connectivity index (χ1v) is 7.87. The van der Waals surface area contributed by atoms with Crippen molar-refractivity contribution in [2.24, 2.45) is 0 Å². The van der Waals surface area contributed by atoms with Crippen molar-refractivity contribution in [3.05, 3.63) is 0 Å². The SMILES string of the molecule is CCCNC1CCC(OCCN(CC)CC)CC1. The van der Waals surface area contributed by atoms with E-state index in [1.807, 2.05) is 0 Å². The summed E-state index contributed by atoms with van der Waals surface area (Å²) < 4.78 is 6.00. The fraction of sp³-hybridized carbons (Fsp3) is 1.00. The maximum atomic E-state index is 6.00. The van der Waals surface area contributed by atoms with Crippen LogP contribution in [0, 0.1) is 0 Å². The summed E-state index contributed by atoms with van der Waals surface area (Å²) in [5.74, 6) is 0. The maximum absolute atomic E-state index is 6.00. The fourth-order valence-corrected chi connectivity index (χ4v) is 2.67. The lowest BCUT2D eigenvalue weighted by atomic mass is 9.93. The van der Waals surface area contributed by atoms with Gasteiger partial charge in [-0.25, -0.2) is 0 Å². The van der Waals surface area contributed by atoms with Crippen LogP contribution in [0.5, 0.6) is 0 Å². The third kappa shape index (κ3) is 6.17. The first-order chi connectivity index (χ1) is 8.80. The second-order valence-electron chi connectivity index (χ2n) is 5.33. The molecule has 1 aliphatic carbocycles. The number of nitrogens with zero attached hydrogens (tertiary/aromatic N) is 1. The van der Waals surface area contributed by atoms with E-state index in [-0.39, 0.29) is 0 Å². The smallest absolute Gasteiger partial charge is 0.0597 e. The molecule has 1 N–H and O–H groups in total. The summed E-state index contributed by atoms with van der Waals surface area (Å²) in [5.41, 5.74) is 0. The predicted octanol–water partition coefficient (Wildman–Crippen LogP) is 2.66. The topological polar surface area (TPSA) is 24.5 Å². The van der Waals surface area contributed by atoms with Crippen LogP contribution in [0.4, 0.5) is 0 Å². The monoisotopic (exact) mass is 256 g/mol. The predicted molar refractivity (Wildman–Crippen MR) is 78.1 cm³/mol. The molecule has 0 heterocycles. The van der Waals surface area contributed by atoms with E-state index in [1.165, 1.54) is 32.1 Å². The van der Waals surface area contributed by atoms with E-state index < -0.39 is 0 Å². The van der Waals surface area contributed by atoms with Crippen LogP contribution in [0.15, 0.2) is 0 Å². The lowest BCUT2D eigenvalue weighted by Gasteiger charge is -2.30. The summed E-state index contributed by atoms with van der Waals surface area (Å²) in [7, 11) is 0. The molecule has 3 heteroatoms. The van der Waals surface area contributed by atoms with E-state index >= 15 is 0 Å². The fourth-order valence-electron chi connectivity index (χ4n) is 2.67. The molecule has 108 valence electrons. The van der Waals surface area contributed by atoms with Gasteiger partial charge in [-0.15, -0.1) is 0 Å². The molecule has 0 aliphatic heterocycles. The lowest BCUT2D eigenvalue weighted by molar-refractivity contribution is 0.0122. The van der Waals surface area contributed by atoms with Crippen LogP contribution in [-0.4, -0.2) is 49.8 Å². The Kier molecular flexibility index (Phi) is 8.64. The highest BCUT2D eigenvalue weighted by Crippen LogP contribution is 2.21. The second kappa shape index (κ2) is 9.76. The Bertz CT molecular complexity index is 187. The van der Waals surface area contributed by atoms with Gasteiger partial charge in [-0.05, 0) is 51.7 Å². The molecule has 18 heavy (non-hydrogen) atoms.